The Morgan fingerprint density at radius 3 is 2.42 bits per heavy atom. The second-order valence-corrected chi connectivity index (χ2v) is 7.36. The molecule has 162 valence electrons. The van der Waals surface area contributed by atoms with E-state index < -0.39 is 11.6 Å². The molecule has 0 atom stereocenters. The van der Waals surface area contributed by atoms with Gasteiger partial charge < -0.3 is 10.1 Å². The third-order valence-corrected chi connectivity index (χ3v) is 5.20. The Balaban J connectivity index is 1.67. The highest BCUT2D eigenvalue weighted by Crippen LogP contribution is 2.32. The van der Waals surface area contributed by atoms with E-state index in [1.807, 2.05) is 48.5 Å². The van der Waals surface area contributed by atoms with E-state index in [2.05, 4.69) is 15.3 Å². The van der Waals surface area contributed by atoms with Crippen molar-refractivity contribution in [2.24, 2.45) is 0 Å². The second kappa shape index (κ2) is 8.63. The number of anilines is 2. The van der Waals surface area contributed by atoms with Crippen molar-refractivity contribution in [1.82, 2.24) is 15.0 Å². The number of ether oxygens (including phenoxy) is 1. The van der Waals surface area contributed by atoms with Crippen LogP contribution in [0.15, 0.2) is 85.2 Å². The zero-order valence-electron chi connectivity index (χ0n) is 17.6. The Hall–Kier alpha value is -4.39. The summed E-state index contributed by atoms with van der Waals surface area (Å²) in [7, 11) is 1.62. The first-order valence-electron chi connectivity index (χ1n) is 10.2. The van der Waals surface area contributed by atoms with Crippen LogP contribution in [0.2, 0.25) is 0 Å². The maximum Gasteiger partial charge on any atom is 0.163 e. The average Bonchev–Trinajstić information content (AvgIpc) is 2.86. The number of fused-ring (bicyclic) bond motifs is 1. The molecule has 0 spiro atoms. The minimum absolute atomic E-state index is 0.373. The van der Waals surface area contributed by atoms with Gasteiger partial charge in [-0.3, -0.25) is 4.98 Å². The number of benzene rings is 3. The number of aromatic nitrogens is 3. The van der Waals surface area contributed by atoms with Crippen LogP contribution < -0.4 is 10.1 Å². The van der Waals surface area contributed by atoms with Crippen molar-refractivity contribution in [3.63, 3.8) is 0 Å². The normalized spacial score (nSPS) is 10.9. The SMILES string of the molecule is COc1cccc(-c2ccc3nc(-c4cccnc4)nc(Nc4ccc(F)c(F)c4)c3c2)c1. The van der Waals surface area contributed by atoms with Crippen LogP contribution in [0.5, 0.6) is 5.75 Å². The van der Waals surface area contributed by atoms with Crippen LogP contribution in [-0.4, -0.2) is 22.1 Å². The summed E-state index contributed by atoms with van der Waals surface area (Å²) < 4.78 is 32.6. The van der Waals surface area contributed by atoms with Crippen molar-refractivity contribution in [3.05, 3.63) is 96.8 Å². The van der Waals surface area contributed by atoms with Gasteiger partial charge in [-0.2, -0.15) is 0 Å². The van der Waals surface area contributed by atoms with Gasteiger partial charge in [-0.25, -0.2) is 18.7 Å². The molecule has 5 aromatic rings. The van der Waals surface area contributed by atoms with Crippen LogP contribution in [0.1, 0.15) is 0 Å². The molecule has 3 aromatic carbocycles. The predicted octanol–water partition coefficient (Wildman–Crippen LogP) is 6.39. The van der Waals surface area contributed by atoms with Gasteiger partial charge in [0.25, 0.3) is 0 Å². The number of halogens is 2. The number of rotatable bonds is 5. The third-order valence-electron chi connectivity index (χ3n) is 5.20. The summed E-state index contributed by atoms with van der Waals surface area (Å²) in [5.74, 6) is -0.173. The fourth-order valence-electron chi connectivity index (χ4n) is 3.54. The average molecular weight is 440 g/mol. The largest absolute Gasteiger partial charge is 0.497 e. The van der Waals surface area contributed by atoms with E-state index in [4.69, 9.17) is 9.72 Å². The second-order valence-electron chi connectivity index (χ2n) is 7.36. The van der Waals surface area contributed by atoms with Gasteiger partial charge in [0.1, 0.15) is 11.6 Å². The molecule has 0 saturated heterocycles. The van der Waals surface area contributed by atoms with Gasteiger partial charge in [0.2, 0.25) is 0 Å². The number of methoxy groups -OCH3 is 1. The lowest BCUT2D eigenvalue weighted by Crippen LogP contribution is -2.00. The Morgan fingerprint density at radius 1 is 0.788 bits per heavy atom. The first-order chi connectivity index (χ1) is 16.1. The lowest BCUT2D eigenvalue weighted by atomic mass is 10.0. The molecule has 0 aliphatic carbocycles. The van der Waals surface area contributed by atoms with E-state index in [1.54, 1.807) is 25.6 Å². The van der Waals surface area contributed by atoms with Crippen molar-refractivity contribution < 1.29 is 13.5 Å². The number of pyridine rings is 1. The van der Waals surface area contributed by atoms with E-state index in [0.717, 1.165) is 40.0 Å². The lowest BCUT2D eigenvalue weighted by molar-refractivity contribution is 0.415. The molecule has 0 bridgehead atoms. The number of nitrogens with zero attached hydrogens (tertiary/aromatic N) is 3. The van der Waals surface area contributed by atoms with Gasteiger partial charge in [0.15, 0.2) is 17.5 Å². The zero-order chi connectivity index (χ0) is 22.8. The van der Waals surface area contributed by atoms with Gasteiger partial charge in [-0.05, 0) is 59.7 Å². The number of nitrogens with one attached hydrogen (secondary N) is 1. The molecule has 33 heavy (non-hydrogen) atoms. The molecule has 0 fully saturated rings. The predicted molar refractivity (Wildman–Crippen MR) is 124 cm³/mol. The van der Waals surface area contributed by atoms with Crippen molar-refractivity contribution in [3.8, 4) is 28.3 Å². The summed E-state index contributed by atoms with van der Waals surface area (Å²) in [5.41, 5.74) is 3.71. The number of hydrogen-bond donors (Lipinski definition) is 1. The fraction of sp³-hybridized carbons (Fsp3) is 0.0385. The molecule has 2 aromatic heterocycles. The Bertz CT molecular complexity index is 1460. The summed E-state index contributed by atoms with van der Waals surface area (Å²) in [6, 6.07) is 20.8. The van der Waals surface area contributed by atoms with Crippen molar-refractivity contribution in [1.29, 1.82) is 0 Å². The van der Waals surface area contributed by atoms with E-state index in [-0.39, 0.29) is 0 Å². The molecule has 5 nitrogen and oxygen atoms in total. The van der Waals surface area contributed by atoms with Crippen LogP contribution in [0.4, 0.5) is 20.3 Å². The number of hydrogen-bond acceptors (Lipinski definition) is 5. The van der Waals surface area contributed by atoms with Crippen molar-refractivity contribution >= 4 is 22.4 Å². The molecule has 0 saturated carbocycles. The molecule has 1 N–H and O–H groups in total. The van der Waals surface area contributed by atoms with E-state index in [0.29, 0.717) is 22.8 Å². The van der Waals surface area contributed by atoms with E-state index >= 15 is 0 Å². The highest BCUT2D eigenvalue weighted by Gasteiger charge is 2.13. The van der Waals surface area contributed by atoms with Crippen molar-refractivity contribution in [2.75, 3.05) is 12.4 Å². The Morgan fingerprint density at radius 2 is 1.64 bits per heavy atom. The van der Waals surface area contributed by atoms with Crippen molar-refractivity contribution in [2.45, 2.75) is 0 Å². The van der Waals surface area contributed by atoms with Crippen LogP contribution in [0.3, 0.4) is 0 Å². The molecule has 0 amide bonds. The lowest BCUT2D eigenvalue weighted by Gasteiger charge is -2.13. The summed E-state index contributed by atoms with van der Waals surface area (Å²) in [4.78, 5) is 13.5. The Kier molecular flexibility index (Phi) is 5.36. The van der Waals surface area contributed by atoms with Gasteiger partial charge in [-0.1, -0.05) is 18.2 Å². The highest BCUT2D eigenvalue weighted by molar-refractivity contribution is 5.95. The molecular formula is C26H18F2N4O. The smallest absolute Gasteiger partial charge is 0.163 e. The minimum Gasteiger partial charge on any atom is -0.497 e. The van der Waals surface area contributed by atoms with E-state index in [1.165, 1.54) is 6.07 Å². The fourth-order valence-corrected chi connectivity index (χ4v) is 3.54. The highest BCUT2D eigenvalue weighted by atomic mass is 19.2. The first-order valence-corrected chi connectivity index (χ1v) is 10.2. The van der Waals surface area contributed by atoms with Crippen LogP contribution >= 0.6 is 0 Å². The zero-order valence-corrected chi connectivity index (χ0v) is 17.6. The third kappa shape index (κ3) is 4.21. The summed E-state index contributed by atoms with van der Waals surface area (Å²) in [6.07, 6.45) is 3.35. The quantitative estimate of drug-likeness (QED) is 0.343. The van der Waals surface area contributed by atoms with Crippen LogP contribution in [0, 0.1) is 11.6 Å². The summed E-state index contributed by atoms with van der Waals surface area (Å²) in [6.45, 7) is 0. The molecular weight excluding hydrogens is 422 g/mol. The maximum atomic E-state index is 13.8. The first kappa shape index (κ1) is 20.5. The van der Waals surface area contributed by atoms with Crippen LogP contribution in [0.25, 0.3) is 33.4 Å². The summed E-state index contributed by atoms with van der Waals surface area (Å²) >= 11 is 0. The molecule has 5 rings (SSSR count). The standard InChI is InChI=1S/C26H18F2N4O/c1-33-20-6-2-4-16(12-20)17-7-10-24-21(13-17)26(30-19-8-9-22(27)23(28)14-19)32-25(31-24)18-5-3-11-29-15-18/h2-15H,1H3,(H,30,31,32). The molecule has 0 aliphatic rings. The molecule has 2 heterocycles. The van der Waals surface area contributed by atoms with Gasteiger partial charge >= 0.3 is 0 Å². The minimum atomic E-state index is -0.942. The topological polar surface area (TPSA) is 59.9 Å². The molecule has 0 unspecified atom stereocenters. The molecule has 7 heteroatoms. The van der Waals surface area contributed by atoms with Gasteiger partial charge in [-0.15, -0.1) is 0 Å². The van der Waals surface area contributed by atoms with Crippen LogP contribution in [-0.2, 0) is 0 Å². The van der Waals surface area contributed by atoms with E-state index in [9.17, 15) is 8.78 Å². The molecule has 0 aliphatic heterocycles. The Labute approximate surface area is 188 Å². The molecule has 0 radical (unpaired) electrons. The maximum absolute atomic E-state index is 13.8. The summed E-state index contributed by atoms with van der Waals surface area (Å²) in [5, 5.41) is 3.85. The van der Waals surface area contributed by atoms with Gasteiger partial charge in [0.05, 0.1) is 12.6 Å². The monoisotopic (exact) mass is 440 g/mol. The van der Waals surface area contributed by atoms with Gasteiger partial charge in [0, 0.05) is 35.1 Å².